The van der Waals surface area contributed by atoms with Gasteiger partial charge in [-0.3, -0.25) is 4.79 Å². The van der Waals surface area contributed by atoms with E-state index in [4.69, 9.17) is 4.74 Å². The number of ether oxygens (including phenoxy) is 1. The molecule has 2 aromatic rings. The number of carbonyl (C=O) groups is 1. The minimum atomic E-state index is -0.0988. The molecule has 2 aromatic heterocycles. The molecule has 2 rings (SSSR count). The Kier molecular flexibility index (Phi) is 4.34. The number of carbonyl (C=O) groups excluding carboxylic acids is 1. The molecule has 0 amide bonds. The summed E-state index contributed by atoms with van der Waals surface area (Å²) in [7, 11) is 0. The fraction of sp³-hybridized carbons (Fsp3) is 0.429. The molecule has 2 heterocycles. The molecule has 18 heavy (non-hydrogen) atoms. The van der Waals surface area contributed by atoms with Crippen molar-refractivity contribution in [1.29, 1.82) is 0 Å². The Balaban J connectivity index is 1.83. The number of rotatable bonds is 6. The predicted molar refractivity (Wildman–Crippen MR) is 69.4 cm³/mol. The van der Waals surface area contributed by atoms with Crippen LogP contribution in [0.1, 0.15) is 31.9 Å². The molecule has 0 N–H and O–H groups in total. The lowest BCUT2D eigenvalue weighted by atomic mass is 10.1. The van der Waals surface area contributed by atoms with E-state index in [0.717, 1.165) is 24.8 Å². The largest absolute Gasteiger partial charge is 0.466 e. The lowest BCUT2D eigenvalue weighted by Crippen LogP contribution is -2.04. The van der Waals surface area contributed by atoms with E-state index >= 15 is 0 Å². The first-order valence-electron chi connectivity index (χ1n) is 6.37. The van der Waals surface area contributed by atoms with E-state index < -0.39 is 0 Å². The molecule has 0 unspecified atom stereocenters. The Morgan fingerprint density at radius 3 is 3.11 bits per heavy atom. The van der Waals surface area contributed by atoms with Crippen molar-refractivity contribution in [2.75, 3.05) is 6.61 Å². The third-order valence-electron chi connectivity index (χ3n) is 2.90. The number of unbranched alkanes of at least 4 members (excludes halogenated alkanes) is 1. The van der Waals surface area contributed by atoms with Gasteiger partial charge in [0.2, 0.25) is 0 Å². The van der Waals surface area contributed by atoms with Crippen molar-refractivity contribution in [2.24, 2.45) is 0 Å². The Morgan fingerprint density at radius 1 is 1.39 bits per heavy atom. The minimum Gasteiger partial charge on any atom is -0.466 e. The van der Waals surface area contributed by atoms with E-state index in [1.165, 1.54) is 5.69 Å². The molecule has 0 radical (unpaired) electrons. The van der Waals surface area contributed by atoms with E-state index in [9.17, 15) is 4.79 Å². The normalized spacial score (nSPS) is 10.7. The van der Waals surface area contributed by atoms with Gasteiger partial charge in [0.1, 0.15) is 0 Å². The van der Waals surface area contributed by atoms with Gasteiger partial charge in [-0.25, -0.2) is 4.98 Å². The smallest absolute Gasteiger partial charge is 0.305 e. The van der Waals surface area contributed by atoms with Gasteiger partial charge in [0, 0.05) is 12.1 Å². The lowest BCUT2D eigenvalue weighted by molar-refractivity contribution is -0.143. The number of hydrogen-bond acceptors (Lipinski definition) is 3. The molecular formula is C14H18N2O2. The molecule has 0 aliphatic carbocycles. The van der Waals surface area contributed by atoms with Crippen LogP contribution in [0.15, 0.2) is 30.7 Å². The number of imidazole rings is 1. The van der Waals surface area contributed by atoms with Gasteiger partial charge in [0.15, 0.2) is 0 Å². The fourth-order valence-corrected chi connectivity index (χ4v) is 2.02. The van der Waals surface area contributed by atoms with Gasteiger partial charge in [0.25, 0.3) is 0 Å². The number of esters is 1. The molecular weight excluding hydrogens is 228 g/mol. The van der Waals surface area contributed by atoms with E-state index in [0.29, 0.717) is 13.0 Å². The fourth-order valence-electron chi connectivity index (χ4n) is 2.02. The van der Waals surface area contributed by atoms with E-state index in [1.807, 2.05) is 31.6 Å². The van der Waals surface area contributed by atoms with Gasteiger partial charge < -0.3 is 9.14 Å². The summed E-state index contributed by atoms with van der Waals surface area (Å²) < 4.78 is 6.99. The average Bonchev–Trinajstić information content (AvgIpc) is 2.84. The first-order valence-corrected chi connectivity index (χ1v) is 6.37. The number of nitrogens with zero attached hydrogens (tertiary/aromatic N) is 2. The maximum Gasteiger partial charge on any atom is 0.305 e. The van der Waals surface area contributed by atoms with Gasteiger partial charge in [-0.15, -0.1) is 0 Å². The highest BCUT2D eigenvalue weighted by Crippen LogP contribution is 2.10. The van der Waals surface area contributed by atoms with Crippen LogP contribution in [0.25, 0.3) is 5.52 Å². The van der Waals surface area contributed by atoms with Gasteiger partial charge in [-0.2, -0.15) is 0 Å². The van der Waals surface area contributed by atoms with Crippen LogP contribution >= 0.6 is 0 Å². The van der Waals surface area contributed by atoms with Crippen LogP contribution in [-0.4, -0.2) is 22.0 Å². The second-order valence-corrected chi connectivity index (χ2v) is 4.22. The highest BCUT2D eigenvalue weighted by molar-refractivity contribution is 5.69. The second-order valence-electron chi connectivity index (χ2n) is 4.22. The third-order valence-corrected chi connectivity index (χ3v) is 2.90. The van der Waals surface area contributed by atoms with Gasteiger partial charge in [0.05, 0.1) is 24.6 Å². The van der Waals surface area contributed by atoms with Crippen molar-refractivity contribution in [2.45, 2.75) is 32.6 Å². The summed E-state index contributed by atoms with van der Waals surface area (Å²) in [4.78, 5) is 15.3. The molecule has 0 saturated heterocycles. The van der Waals surface area contributed by atoms with Crippen LogP contribution in [0.4, 0.5) is 0 Å². The van der Waals surface area contributed by atoms with Crippen LogP contribution in [0.5, 0.6) is 0 Å². The summed E-state index contributed by atoms with van der Waals surface area (Å²) in [6, 6.07) is 6.17. The lowest BCUT2D eigenvalue weighted by Gasteiger charge is -2.05. The first kappa shape index (κ1) is 12.6. The monoisotopic (exact) mass is 246 g/mol. The molecule has 0 atom stereocenters. The van der Waals surface area contributed by atoms with Gasteiger partial charge >= 0.3 is 5.97 Å². The minimum absolute atomic E-state index is 0.0988. The maximum atomic E-state index is 11.2. The van der Waals surface area contributed by atoms with E-state index in [-0.39, 0.29) is 5.97 Å². The van der Waals surface area contributed by atoms with Crippen molar-refractivity contribution < 1.29 is 9.53 Å². The predicted octanol–water partition coefficient (Wildman–Crippen LogP) is 2.61. The quantitative estimate of drug-likeness (QED) is 0.581. The van der Waals surface area contributed by atoms with Crippen molar-refractivity contribution in [3.8, 4) is 0 Å². The van der Waals surface area contributed by atoms with E-state index in [1.54, 1.807) is 0 Å². The van der Waals surface area contributed by atoms with Crippen molar-refractivity contribution in [3.05, 3.63) is 36.4 Å². The van der Waals surface area contributed by atoms with Crippen LogP contribution in [0.2, 0.25) is 0 Å². The number of fused-ring (bicyclic) bond motifs is 1. The number of pyridine rings is 1. The highest BCUT2D eigenvalue weighted by Gasteiger charge is 2.03. The van der Waals surface area contributed by atoms with Crippen LogP contribution < -0.4 is 0 Å². The Morgan fingerprint density at radius 2 is 2.28 bits per heavy atom. The molecule has 0 spiro atoms. The zero-order valence-electron chi connectivity index (χ0n) is 10.6. The summed E-state index contributed by atoms with van der Waals surface area (Å²) in [6.45, 7) is 2.30. The molecule has 4 heteroatoms. The summed E-state index contributed by atoms with van der Waals surface area (Å²) in [6.07, 6.45) is 6.99. The SMILES string of the molecule is CCOC(=O)CCCCc1cccc2cncn12. The Labute approximate surface area is 107 Å². The number of aromatic nitrogens is 2. The van der Waals surface area contributed by atoms with E-state index in [2.05, 4.69) is 15.5 Å². The second kappa shape index (κ2) is 6.19. The molecule has 0 aliphatic rings. The highest BCUT2D eigenvalue weighted by atomic mass is 16.5. The molecule has 4 nitrogen and oxygen atoms in total. The molecule has 0 fully saturated rings. The molecule has 96 valence electrons. The third kappa shape index (κ3) is 3.09. The number of aryl methyl sites for hydroxylation is 1. The summed E-state index contributed by atoms with van der Waals surface area (Å²) in [5.74, 6) is -0.0988. The van der Waals surface area contributed by atoms with Crippen LogP contribution in [0.3, 0.4) is 0 Å². The van der Waals surface area contributed by atoms with Crippen molar-refractivity contribution in [3.63, 3.8) is 0 Å². The standard InChI is InChI=1S/C14H18N2O2/c1-2-18-14(17)9-4-3-6-12-7-5-8-13-10-15-11-16(12)13/h5,7-8,10-11H,2-4,6,9H2,1H3. The van der Waals surface area contributed by atoms with Crippen LogP contribution in [0, 0.1) is 0 Å². The number of hydrogen-bond donors (Lipinski definition) is 0. The maximum absolute atomic E-state index is 11.2. The summed E-state index contributed by atoms with van der Waals surface area (Å²) >= 11 is 0. The summed E-state index contributed by atoms with van der Waals surface area (Å²) in [5, 5.41) is 0. The molecule has 0 aromatic carbocycles. The zero-order chi connectivity index (χ0) is 12.8. The van der Waals surface area contributed by atoms with Gasteiger partial charge in [-0.1, -0.05) is 6.07 Å². The zero-order valence-corrected chi connectivity index (χ0v) is 10.6. The van der Waals surface area contributed by atoms with Crippen molar-refractivity contribution >= 4 is 11.5 Å². The van der Waals surface area contributed by atoms with Crippen molar-refractivity contribution in [1.82, 2.24) is 9.38 Å². The Bertz CT molecular complexity index is 519. The molecule has 0 aliphatic heterocycles. The summed E-state index contributed by atoms with van der Waals surface area (Å²) in [5.41, 5.74) is 2.34. The Hall–Kier alpha value is -1.84. The topological polar surface area (TPSA) is 43.6 Å². The van der Waals surface area contributed by atoms with Gasteiger partial charge in [-0.05, 0) is 38.3 Å². The average molecular weight is 246 g/mol. The molecule has 0 bridgehead atoms. The van der Waals surface area contributed by atoms with Crippen LogP contribution in [-0.2, 0) is 16.0 Å². The first-order chi connectivity index (χ1) is 8.81. The molecule has 0 saturated carbocycles.